The number of ether oxygens (including phenoxy) is 2. The van der Waals surface area contributed by atoms with Crippen molar-refractivity contribution in [2.75, 3.05) is 18.3 Å². The Labute approximate surface area is 126 Å². The van der Waals surface area contributed by atoms with Crippen LogP contribution < -0.4 is 0 Å². The lowest BCUT2D eigenvalue weighted by molar-refractivity contribution is -0.556. The fraction of sp³-hybridized carbons (Fsp3) is 0.357. The lowest BCUT2D eigenvalue weighted by Gasteiger charge is -2.24. The van der Waals surface area contributed by atoms with Gasteiger partial charge >= 0.3 is 0 Å². The summed E-state index contributed by atoms with van der Waals surface area (Å²) in [6, 6.07) is 11.2. The molecule has 0 bridgehead atoms. The molecule has 0 aliphatic carbocycles. The molecule has 0 aromatic heterocycles. The number of nitro groups is 1. The highest BCUT2D eigenvalue weighted by molar-refractivity contribution is 7.99. The summed E-state index contributed by atoms with van der Waals surface area (Å²) >= 11 is 1.22. The Morgan fingerprint density at radius 2 is 2.19 bits per heavy atom. The molecule has 6 nitrogen and oxygen atoms in total. The van der Waals surface area contributed by atoms with Gasteiger partial charge in [-0.15, -0.1) is 11.8 Å². The van der Waals surface area contributed by atoms with Crippen molar-refractivity contribution in [1.29, 1.82) is 5.26 Å². The molecular formula is C14H14N2O4S. The number of rotatable bonds is 7. The Kier molecular flexibility index (Phi) is 5.06. The number of nitrogens with zero attached hydrogens (tertiary/aromatic N) is 2. The van der Waals surface area contributed by atoms with Crippen molar-refractivity contribution in [3.8, 4) is 6.07 Å². The third kappa shape index (κ3) is 3.47. The van der Waals surface area contributed by atoms with Crippen LogP contribution in [0.3, 0.4) is 0 Å². The average Bonchev–Trinajstić information content (AvgIpc) is 3.02. The SMILES string of the molecule is N#CCSCC(Cc1ccccc1)(C1=COCO1)[N+](=O)[O-]. The van der Waals surface area contributed by atoms with Crippen molar-refractivity contribution >= 4 is 11.8 Å². The highest BCUT2D eigenvalue weighted by Gasteiger charge is 2.50. The molecule has 1 aliphatic heterocycles. The van der Waals surface area contributed by atoms with Crippen LogP contribution in [-0.4, -0.2) is 28.8 Å². The van der Waals surface area contributed by atoms with Crippen molar-refractivity contribution in [2.24, 2.45) is 0 Å². The van der Waals surface area contributed by atoms with Crippen molar-refractivity contribution in [2.45, 2.75) is 12.0 Å². The Morgan fingerprint density at radius 1 is 1.43 bits per heavy atom. The van der Waals surface area contributed by atoms with E-state index in [4.69, 9.17) is 14.7 Å². The molecule has 0 fully saturated rings. The number of benzene rings is 1. The van der Waals surface area contributed by atoms with E-state index in [9.17, 15) is 10.1 Å². The van der Waals surface area contributed by atoms with Crippen LogP contribution in [0.2, 0.25) is 0 Å². The quantitative estimate of drug-likeness (QED) is 0.436. The van der Waals surface area contributed by atoms with Gasteiger partial charge in [-0.05, 0) is 5.56 Å². The van der Waals surface area contributed by atoms with Crippen LogP contribution in [0.25, 0.3) is 0 Å². The topological polar surface area (TPSA) is 85.4 Å². The highest BCUT2D eigenvalue weighted by Crippen LogP contribution is 2.32. The van der Waals surface area contributed by atoms with E-state index in [1.807, 2.05) is 36.4 Å². The largest absolute Gasteiger partial charge is 0.461 e. The first-order valence-electron chi connectivity index (χ1n) is 6.27. The van der Waals surface area contributed by atoms with Gasteiger partial charge in [0.2, 0.25) is 12.6 Å². The Morgan fingerprint density at radius 3 is 2.76 bits per heavy atom. The predicted molar refractivity (Wildman–Crippen MR) is 77.9 cm³/mol. The molecule has 1 atom stereocenters. The number of hydrogen-bond donors (Lipinski definition) is 0. The zero-order valence-corrected chi connectivity index (χ0v) is 12.0. The van der Waals surface area contributed by atoms with Crippen LogP contribution in [-0.2, 0) is 15.9 Å². The van der Waals surface area contributed by atoms with Crippen LogP contribution in [0.5, 0.6) is 0 Å². The molecule has 1 aromatic rings. The maximum absolute atomic E-state index is 11.7. The molecule has 1 aromatic carbocycles. The molecule has 0 saturated carbocycles. The van der Waals surface area contributed by atoms with E-state index in [0.29, 0.717) is 0 Å². The van der Waals surface area contributed by atoms with E-state index in [1.54, 1.807) is 0 Å². The zero-order chi connectivity index (χ0) is 15.1. The molecular weight excluding hydrogens is 292 g/mol. The summed E-state index contributed by atoms with van der Waals surface area (Å²) in [4.78, 5) is 11.4. The average molecular weight is 306 g/mol. The lowest BCUT2D eigenvalue weighted by atomic mass is 9.91. The van der Waals surface area contributed by atoms with Gasteiger partial charge in [0, 0.05) is 4.92 Å². The van der Waals surface area contributed by atoms with Crippen molar-refractivity contribution < 1.29 is 14.4 Å². The summed E-state index contributed by atoms with van der Waals surface area (Å²) in [5.74, 6) is 0.553. The minimum Gasteiger partial charge on any atom is -0.461 e. The van der Waals surface area contributed by atoms with Gasteiger partial charge in [0.25, 0.3) is 5.54 Å². The van der Waals surface area contributed by atoms with Crippen molar-refractivity contribution in [1.82, 2.24) is 0 Å². The molecule has 2 rings (SSSR count). The second-order valence-electron chi connectivity index (χ2n) is 4.51. The van der Waals surface area contributed by atoms with E-state index >= 15 is 0 Å². The minimum atomic E-state index is -1.42. The van der Waals surface area contributed by atoms with Crippen molar-refractivity contribution in [3.05, 3.63) is 58.0 Å². The molecule has 0 radical (unpaired) electrons. The van der Waals surface area contributed by atoms with E-state index < -0.39 is 5.54 Å². The van der Waals surface area contributed by atoms with Crippen LogP contribution in [0.4, 0.5) is 0 Å². The first-order valence-corrected chi connectivity index (χ1v) is 7.43. The standard InChI is InChI=1S/C14H14N2O4S/c15-6-7-21-10-14(16(17)18,13-9-19-11-20-13)8-12-4-2-1-3-5-12/h1-5,9H,7-8,10-11H2. The summed E-state index contributed by atoms with van der Waals surface area (Å²) < 4.78 is 10.3. The molecule has 1 aliphatic rings. The van der Waals surface area contributed by atoms with Gasteiger partial charge in [-0.1, -0.05) is 30.3 Å². The fourth-order valence-electron chi connectivity index (χ4n) is 2.10. The third-order valence-corrected chi connectivity index (χ3v) is 4.14. The normalized spacial score (nSPS) is 16.0. The Hall–Kier alpha value is -2.20. The van der Waals surface area contributed by atoms with E-state index in [1.165, 1.54) is 18.0 Å². The highest BCUT2D eigenvalue weighted by atomic mass is 32.2. The maximum Gasteiger partial charge on any atom is 0.294 e. The number of thioether (sulfide) groups is 1. The lowest BCUT2D eigenvalue weighted by Crippen LogP contribution is -2.45. The summed E-state index contributed by atoms with van der Waals surface area (Å²) in [5.41, 5.74) is -0.581. The molecule has 0 saturated heterocycles. The minimum absolute atomic E-state index is 0.0113. The molecule has 110 valence electrons. The van der Waals surface area contributed by atoms with Crippen molar-refractivity contribution in [3.63, 3.8) is 0 Å². The summed E-state index contributed by atoms with van der Waals surface area (Å²) in [7, 11) is 0. The first-order chi connectivity index (χ1) is 10.2. The maximum atomic E-state index is 11.7. The Bertz CT molecular complexity index is 570. The molecule has 0 amide bonds. The van der Waals surface area contributed by atoms with Crippen LogP contribution in [0.1, 0.15) is 5.56 Å². The van der Waals surface area contributed by atoms with Gasteiger partial charge in [-0.3, -0.25) is 10.1 Å². The monoisotopic (exact) mass is 306 g/mol. The van der Waals surface area contributed by atoms with Crippen LogP contribution in [0, 0.1) is 21.4 Å². The molecule has 0 N–H and O–H groups in total. The second-order valence-corrected chi connectivity index (χ2v) is 5.50. The molecule has 1 unspecified atom stereocenters. The summed E-state index contributed by atoms with van der Waals surface area (Å²) in [6.45, 7) is -0.0113. The van der Waals surface area contributed by atoms with E-state index in [0.717, 1.165) is 5.56 Å². The van der Waals surface area contributed by atoms with Gasteiger partial charge in [0.1, 0.15) is 6.26 Å². The zero-order valence-electron chi connectivity index (χ0n) is 11.2. The third-order valence-electron chi connectivity index (χ3n) is 3.13. The second kappa shape index (κ2) is 6.99. The molecule has 7 heteroatoms. The molecule has 0 spiro atoms. The van der Waals surface area contributed by atoms with E-state index in [-0.39, 0.29) is 35.4 Å². The smallest absolute Gasteiger partial charge is 0.294 e. The molecule has 21 heavy (non-hydrogen) atoms. The Balaban J connectivity index is 2.30. The molecule has 1 heterocycles. The summed E-state index contributed by atoms with van der Waals surface area (Å²) in [5, 5.41) is 20.4. The van der Waals surface area contributed by atoms with Gasteiger partial charge in [0.15, 0.2) is 0 Å². The fourth-order valence-corrected chi connectivity index (χ4v) is 2.98. The van der Waals surface area contributed by atoms with Gasteiger partial charge in [-0.2, -0.15) is 5.26 Å². The van der Waals surface area contributed by atoms with Gasteiger partial charge in [-0.25, -0.2) is 0 Å². The number of hydrogen-bond acceptors (Lipinski definition) is 6. The van der Waals surface area contributed by atoms with Crippen LogP contribution in [0.15, 0.2) is 42.4 Å². The van der Waals surface area contributed by atoms with Gasteiger partial charge < -0.3 is 9.47 Å². The summed E-state index contributed by atoms with van der Waals surface area (Å²) in [6.07, 6.45) is 1.49. The van der Waals surface area contributed by atoms with Crippen LogP contribution >= 0.6 is 11.8 Å². The predicted octanol–water partition coefficient (Wildman–Crippen LogP) is 2.35. The van der Waals surface area contributed by atoms with E-state index in [2.05, 4.69) is 0 Å². The number of nitriles is 1. The first kappa shape index (κ1) is 15.2. The van der Waals surface area contributed by atoms with Gasteiger partial charge in [0.05, 0.1) is 24.0 Å².